The Labute approximate surface area is 172 Å². The van der Waals surface area contributed by atoms with Crippen molar-refractivity contribution < 1.29 is 9.84 Å². The van der Waals surface area contributed by atoms with Crippen LogP contribution in [0.1, 0.15) is 41.3 Å². The van der Waals surface area contributed by atoms with Crippen molar-refractivity contribution in [1.29, 1.82) is 0 Å². The first-order valence-electron chi connectivity index (χ1n) is 10.8. The van der Waals surface area contributed by atoms with Gasteiger partial charge in [0.25, 0.3) is 0 Å². The summed E-state index contributed by atoms with van der Waals surface area (Å²) >= 11 is 0. The molecule has 1 N–H and O–H groups in total. The average Bonchev–Trinajstić information content (AvgIpc) is 3.04. The molecule has 0 saturated carbocycles. The molecule has 4 nitrogen and oxygen atoms in total. The van der Waals surface area contributed by atoms with Crippen molar-refractivity contribution in [2.24, 2.45) is 0 Å². The molecule has 2 aliphatic rings. The van der Waals surface area contributed by atoms with Crippen molar-refractivity contribution in [3.8, 4) is 5.75 Å². The zero-order valence-electron chi connectivity index (χ0n) is 17.4. The molecule has 29 heavy (non-hydrogen) atoms. The van der Waals surface area contributed by atoms with Gasteiger partial charge in [-0.15, -0.1) is 0 Å². The summed E-state index contributed by atoms with van der Waals surface area (Å²) < 4.78 is 8.36. The summed E-state index contributed by atoms with van der Waals surface area (Å²) in [5.74, 6) is 0.823. The van der Waals surface area contributed by atoms with E-state index in [2.05, 4.69) is 41.5 Å². The molecule has 3 aromatic rings. The predicted molar refractivity (Wildman–Crippen MR) is 117 cm³/mol. The largest absolute Gasteiger partial charge is 0.491 e. The lowest BCUT2D eigenvalue weighted by atomic mass is 9.89. The van der Waals surface area contributed by atoms with Gasteiger partial charge in [0.1, 0.15) is 18.5 Å². The summed E-state index contributed by atoms with van der Waals surface area (Å²) in [5, 5.41) is 12.1. The van der Waals surface area contributed by atoms with Gasteiger partial charge < -0.3 is 14.4 Å². The second kappa shape index (κ2) is 7.51. The van der Waals surface area contributed by atoms with Crippen molar-refractivity contribution in [3.05, 3.63) is 64.8 Å². The second-order valence-electron chi connectivity index (χ2n) is 8.72. The van der Waals surface area contributed by atoms with Gasteiger partial charge in [0.2, 0.25) is 0 Å². The van der Waals surface area contributed by atoms with E-state index in [1.54, 1.807) is 0 Å². The Balaban J connectivity index is 1.33. The third kappa shape index (κ3) is 3.45. The van der Waals surface area contributed by atoms with E-state index in [0.717, 1.165) is 18.8 Å². The second-order valence-corrected chi connectivity index (χ2v) is 8.72. The first-order chi connectivity index (χ1) is 14.1. The molecule has 152 valence electrons. The van der Waals surface area contributed by atoms with E-state index in [1.807, 2.05) is 24.3 Å². The summed E-state index contributed by atoms with van der Waals surface area (Å²) in [6, 6.07) is 15.3. The smallest absolute Gasteiger partial charge is 0.119 e. The van der Waals surface area contributed by atoms with Crippen molar-refractivity contribution in [2.45, 2.75) is 51.8 Å². The van der Waals surface area contributed by atoms with Crippen LogP contribution in [0.4, 0.5) is 0 Å². The molecule has 0 fully saturated rings. The number of fused-ring (bicyclic) bond motifs is 3. The first-order valence-corrected chi connectivity index (χ1v) is 10.8. The number of hydrogen-bond acceptors (Lipinski definition) is 3. The predicted octanol–water partition coefficient (Wildman–Crippen LogP) is 4.39. The highest BCUT2D eigenvalue weighted by atomic mass is 16.5. The first kappa shape index (κ1) is 18.7. The van der Waals surface area contributed by atoms with E-state index in [4.69, 9.17) is 4.74 Å². The van der Waals surface area contributed by atoms with Gasteiger partial charge in [-0.3, -0.25) is 4.90 Å². The molecule has 1 aromatic heterocycles. The fraction of sp³-hybridized carbons (Fsp3) is 0.440. The molecule has 0 radical (unpaired) electrons. The van der Waals surface area contributed by atoms with Crippen molar-refractivity contribution >= 4 is 10.9 Å². The zero-order chi connectivity index (χ0) is 20.0. The summed E-state index contributed by atoms with van der Waals surface area (Å²) in [6.45, 7) is 7.22. The maximum absolute atomic E-state index is 10.7. The summed E-state index contributed by atoms with van der Waals surface area (Å²) in [5.41, 5.74) is 6.96. The molecule has 0 spiro atoms. The van der Waals surface area contributed by atoms with Gasteiger partial charge in [0.15, 0.2) is 0 Å². The molecule has 5 rings (SSSR count). The minimum Gasteiger partial charge on any atom is -0.491 e. The normalized spacial score (nSPS) is 19.9. The van der Waals surface area contributed by atoms with Crippen LogP contribution in [0.25, 0.3) is 10.9 Å². The average molecular weight is 391 g/mol. The minimum atomic E-state index is -0.486. The lowest BCUT2D eigenvalue weighted by molar-refractivity contribution is 0.0375. The molecule has 2 aromatic carbocycles. The van der Waals surface area contributed by atoms with Crippen molar-refractivity contribution in [2.75, 3.05) is 19.7 Å². The minimum absolute atomic E-state index is 0.335. The third-order valence-electron chi connectivity index (χ3n) is 6.55. The molecule has 0 bridgehead atoms. The van der Waals surface area contributed by atoms with Gasteiger partial charge in [-0.05, 0) is 62.9 Å². The number of aromatic nitrogens is 1. The molecule has 0 amide bonds. The lowest BCUT2D eigenvalue weighted by Gasteiger charge is -2.40. The number of aliphatic hydroxyl groups is 1. The quantitative estimate of drug-likeness (QED) is 0.702. The number of aryl methyl sites for hydroxylation is 3. The van der Waals surface area contributed by atoms with E-state index >= 15 is 0 Å². The molecule has 4 heteroatoms. The monoisotopic (exact) mass is 390 g/mol. The molecule has 1 aliphatic carbocycles. The van der Waals surface area contributed by atoms with Gasteiger partial charge in [0.05, 0.1) is 6.04 Å². The van der Waals surface area contributed by atoms with Crippen LogP contribution in [-0.2, 0) is 13.0 Å². The molecule has 0 saturated heterocycles. The Morgan fingerprint density at radius 3 is 2.69 bits per heavy atom. The molecular weight excluding hydrogens is 360 g/mol. The standard InChI is InChI=1S/C25H30N2O2/c1-17-6-9-20(10-7-17)29-16-19(28)15-26-12-13-27-23-11-8-18(2)14-22(23)21-4-3-5-24(26)25(21)27/h6-11,14,19,24,28H,3-5,12-13,15-16H2,1-2H3. The van der Waals surface area contributed by atoms with Crippen LogP contribution >= 0.6 is 0 Å². The molecule has 1 aliphatic heterocycles. The van der Waals surface area contributed by atoms with Crippen LogP contribution in [0.15, 0.2) is 42.5 Å². The van der Waals surface area contributed by atoms with Crippen LogP contribution in [-0.4, -0.2) is 40.4 Å². The van der Waals surface area contributed by atoms with Gasteiger partial charge in [-0.1, -0.05) is 29.3 Å². The lowest BCUT2D eigenvalue weighted by Crippen LogP contribution is -2.44. The fourth-order valence-electron chi connectivity index (χ4n) is 5.16. The van der Waals surface area contributed by atoms with E-state index in [9.17, 15) is 5.11 Å². The van der Waals surface area contributed by atoms with E-state index in [1.165, 1.54) is 52.5 Å². The van der Waals surface area contributed by atoms with E-state index in [-0.39, 0.29) is 0 Å². The number of hydrogen-bond donors (Lipinski definition) is 1. The molecular formula is C25H30N2O2. The van der Waals surface area contributed by atoms with Crippen molar-refractivity contribution in [3.63, 3.8) is 0 Å². The number of benzene rings is 2. The number of ether oxygens (including phenoxy) is 1. The van der Waals surface area contributed by atoms with Crippen LogP contribution in [0.3, 0.4) is 0 Å². The Hall–Kier alpha value is -2.30. The molecule has 2 atom stereocenters. The maximum atomic E-state index is 10.7. The van der Waals surface area contributed by atoms with Gasteiger partial charge in [0, 0.05) is 36.2 Å². The number of nitrogens with zero attached hydrogens (tertiary/aromatic N) is 2. The summed E-state index contributed by atoms with van der Waals surface area (Å²) in [7, 11) is 0. The number of β-amino-alcohol motifs (C(OH)–C–C–N with tert-alkyl or cyclic N) is 1. The maximum Gasteiger partial charge on any atom is 0.119 e. The Morgan fingerprint density at radius 1 is 1.07 bits per heavy atom. The van der Waals surface area contributed by atoms with Gasteiger partial charge in [-0.2, -0.15) is 0 Å². The van der Waals surface area contributed by atoms with E-state index < -0.39 is 6.10 Å². The third-order valence-corrected chi connectivity index (χ3v) is 6.55. The SMILES string of the molecule is Cc1ccc(OCC(O)CN2CCn3c4c(c5cc(C)ccc53)CCCC42)cc1. The Kier molecular flexibility index (Phi) is 4.84. The molecule has 2 heterocycles. The summed E-state index contributed by atoms with van der Waals surface area (Å²) in [6.07, 6.45) is 3.08. The topological polar surface area (TPSA) is 37.6 Å². The van der Waals surface area contributed by atoms with Crippen molar-refractivity contribution in [1.82, 2.24) is 9.47 Å². The van der Waals surface area contributed by atoms with Crippen LogP contribution in [0.5, 0.6) is 5.75 Å². The zero-order valence-corrected chi connectivity index (χ0v) is 17.4. The summed E-state index contributed by atoms with van der Waals surface area (Å²) in [4.78, 5) is 2.48. The Bertz CT molecular complexity index is 1020. The number of rotatable bonds is 5. The van der Waals surface area contributed by atoms with Crippen LogP contribution in [0.2, 0.25) is 0 Å². The highest BCUT2D eigenvalue weighted by Crippen LogP contribution is 2.42. The van der Waals surface area contributed by atoms with E-state index in [0.29, 0.717) is 19.2 Å². The number of aliphatic hydroxyl groups excluding tert-OH is 1. The molecule has 2 unspecified atom stereocenters. The Morgan fingerprint density at radius 2 is 1.86 bits per heavy atom. The van der Waals surface area contributed by atoms with Crippen LogP contribution in [0, 0.1) is 13.8 Å². The van der Waals surface area contributed by atoms with Crippen LogP contribution < -0.4 is 4.74 Å². The van der Waals surface area contributed by atoms with Gasteiger partial charge in [-0.25, -0.2) is 0 Å². The highest BCUT2D eigenvalue weighted by Gasteiger charge is 2.35. The van der Waals surface area contributed by atoms with Gasteiger partial charge >= 0.3 is 0 Å². The fourth-order valence-corrected chi connectivity index (χ4v) is 5.16. The highest BCUT2D eigenvalue weighted by molar-refractivity contribution is 5.87.